The van der Waals surface area contributed by atoms with Gasteiger partial charge in [0, 0.05) is 11.4 Å². The molecule has 4 aromatic rings. The molecule has 1 amide bonds. The number of H-pyrrole nitrogens is 1. The van der Waals surface area contributed by atoms with E-state index in [-0.39, 0.29) is 28.0 Å². The number of halogens is 3. The molecule has 0 aliphatic heterocycles. The third kappa shape index (κ3) is 3.70. The van der Waals surface area contributed by atoms with Gasteiger partial charge < -0.3 is 10.3 Å². The Hall–Kier alpha value is -3.88. The quantitative estimate of drug-likeness (QED) is 0.503. The normalized spacial score (nSPS) is 11.6. The first kappa shape index (κ1) is 20.4. The average Bonchev–Trinajstić information content (AvgIpc) is 3.10. The van der Waals surface area contributed by atoms with Crippen LogP contribution in [0.25, 0.3) is 16.8 Å². The third-order valence-electron chi connectivity index (χ3n) is 4.84. The molecule has 0 saturated carbocycles. The average molecular weight is 426 g/mol. The molecule has 0 saturated heterocycles. The fraction of sp³-hybridized carbons (Fsp3) is 0.136. The SMILES string of the molecule is Cc1ccc(NC(=O)c2c(C)[nH]c3c(-c4ccccc4)c(C(F)(F)F)nn3c2=O)cc1. The fourth-order valence-corrected chi connectivity index (χ4v) is 3.36. The zero-order valence-electron chi connectivity index (χ0n) is 16.5. The van der Waals surface area contributed by atoms with Crippen LogP contribution in [-0.4, -0.2) is 20.5 Å². The molecule has 0 unspecified atom stereocenters. The first-order chi connectivity index (χ1) is 14.7. The second-order valence-corrected chi connectivity index (χ2v) is 7.10. The summed E-state index contributed by atoms with van der Waals surface area (Å²) in [6.45, 7) is 3.34. The standard InChI is InChI=1S/C22H17F3N4O2/c1-12-8-10-15(11-9-12)27-20(30)16-13(2)26-19-17(14-6-4-3-5-7-14)18(22(23,24)25)28-29(19)21(16)31/h3-11,26H,1-2H3,(H,27,30). The van der Waals surface area contributed by atoms with E-state index in [1.165, 1.54) is 19.1 Å². The topological polar surface area (TPSA) is 79.3 Å². The predicted octanol–water partition coefficient (Wildman–Crippen LogP) is 4.58. The van der Waals surface area contributed by atoms with Crippen LogP contribution >= 0.6 is 0 Å². The summed E-state index contributed by atoms with van der Waals surface area (Å²) in [5, 5.41) is 6.12. The molecule has 4 rings (SSSR count). The van der Waals surface area contributed by atoms with Crippen LogP contribution in [-0.2, 0) is 6.18 Å². The Balaban J connectivity index is 1.90. The number of aromatic amines is 1. The van der Waals surface area contributed by atoms with Gasteiger partial charge in [0.2, 0.25) is 0 Å². The van der Waals surface area contributed by atoms with E-state index in [4.69, 9.17) is 0 Å². The molecule has 0 bridgehead atoms. The number of alkyl halides is 3. The van der Waals surface area contributed by atoms with Gasteiger partial charge in [-0.2, -0.15) is 22.8 Å². The van der Waals surface area contributed by atoms with Gasteiger partial charge in [0.05, 0.1) is 5.56 Å². The number of fused-ring (bicyclic) bond motifs is 1. The molecule has 0 aliphatic rings. The minimum absolute atomic E-state index is 0.132. The third-order valence-corrected chi connectivity index (χ3v) is 4.84. The monoisotopic (exact) mass is 426 g/mol. The zero-order valence-corrected chi connectivity index (χ0v) is 16.5. The van der Waals surface area contributed by atoms with E-state index in [0.717, 1.165) is 5.56 Å². The molecule has 31 heavy (non-hydrogen) atoms. The highest BCUT2D eigenvalue weighted by Gasteiger charge is 2.39. The molecule has 9 heteroatoms. The highest BCUT2D eigenvalue weighted by molar-refractivity contribution is 6.05. The van der Waals surface area contributed by atoms with Crippen molar-refractivity contribution in [1.29, 1.82) is 0 Å². The Bertz CT molecular complexity index is 1340. The lowest BCUT2D eigenvalue weighted by Gasteiger charge is -2.09. The lowest BCUT2D eigenvalue weighted by molar-refractivity contribution is -0.140. The molecule has 0 spiro atoms. The summed E-state index contributed by atoms with van der Waals surface area (Å²) in [4.78, 5) is 28.5. The second kappa shape index (κ2) is 7.42. The zero-order chi connectivity index (χ0) is 22.3. The Morgan fingerprint density at radius 1 is 1.03 bits per heavy atom. The van der Waals surface area contributed by atoms with Gasteiger partial charge in [0.25, 0.3) is 11.5 Å². The van der Waals surface area contributed by atoms with Gasteiger partial charge in [0.15, 0.2) is 5.69 Å². The van der Waals surface area contributed by atoms with Crippen molar-refractivity contribution in [2.24, 2.45) is 0 Å². The molecule has 6 nitrogen and oxygen atoms in total. The van der Waals surface area contributed by atoms with Gasteiger partial charge in [0.1, 0.15) is 11.2 Å². The summed E-state index contributed by atoms with van der Waals surface area (Å²) in [7, 11) is 0. The number of hydrogen-bond donors (Lipinski definition) is 2. The van der Waals surface area contributed by atoms with E-state index in [1.807, 2.05) is 6.92 Å². The van der Waals surface area contributed by atoms with Gasteiger partial charge >= 0.3 is 6.18 Å². The number of carbonyl (C=O) groups excluding carboxylic acids is 1. The summed E-state index contributed by atoms with van der Waals surface area (Å²) in [5.74, 6) is -0.741. The summed E-state index contributed by atoms with van der Waals surface area (Å²) in [6.07, 6.45) is -4.80. The molecule has 2 N–H and O–H groups in total. The first-order valence-corrected chi connectivity index (χ1v) is 9.33. The Labute approximate surface area is 174 Å². The minimum atomic E-state index is -4.80. The van der Waals surface area contributed by atoms with E-state index in [1.54, 1.807) is 42.5 Å². The van der Waals surface area contributed by atoms with Crippen molar-refractivity contribution in [3.05, 3.63) is 87.5 Å². The van der Waals surface area contributed by atoms with Gasteiger partial charge in [-0.1, -0.05) is 48.0 Å². The van der Waals surface area contributed by atoms with E-state index < -0.39 is 23.3 Å². The Morgan fingerprint density at radius 3 is 2.29 bits per heavy atom. The number of aryl methyl sites for hydroxylation is 2. The molecular formula is C22H17F3N4O2. The number of hydrogen-bond acceptors (Lipinski definition) is 3. The molecule has 2 heterocycles. The summed E-state index contributed by atoms with van der Waals surface area (Å²) in [5.41, 5.74) is -1.03. The molecule has 158 valence electrons. The van der Waals surface area contributed by atoms with Gasteiger partial charge in [-0.25, -0.2) is 0 Å². The maximum atomic E-state index is 13.7. The van der Waals surface area contributed by atoms with Crippen molar-refractivity contribution in [2.75, 3.05) is 5.32 Å². The van der Waals surface area contributed by atoms with Crippen molar-refractivity contribution >= 4 is 17.2 Å². The lowest BCUT2D eigenvalue weighted by atomic mass is 10.1. The largest absolute Gasteiger partial charge is 0.435 e. The van der Waals surface area contributed by atoms with Crippen LogP contribution in [0.2, 0.25) is 0 Å². The summed E-state index contributed by atoms with van der Waals surface area (Å²) >= 11 is 0. The summed E-state index contributed by atoms with van der Waals surface area (Å²) in [6, 6.07) is 14.7. The fourth-order valence-electron chi connectivity index (χ4n) is 3.36. The minimum Gasteiger partial charge on any atom is -0.342 e. The van der Waals surface area contributed by atoms with Gasteiger partial charge in [-0.05, 0) is 31.5 Å². The number of aromatic nitrogens is 3. The van der Waals surface area contributed by atoms with Crippen LogP contribution in [0.4, 0.5) is 18.9 Å². The van der Waals surface area contributed by atoms with Crippen molar-refractivity contribution < 1.29 is 18.0 Å². The van der Waals surface area contributed by atoms with Gasteiger partial charge in [-0.3, -0.25) is 9.59 Å². The predicted molar refractivity (Wildman–Crippen MR) is 110 cm³/mol. The number of amides is 1. The smallest absolute Gasteiger partial charge is 0.342 e. The molecule has 0 atom stereocenters. The Kier molecular flexibility index (Phi) is 4.88. The van der Waals surface area contributed by atoms with E-state index in [0.29, 0.717) is 10.2 Å². The van der Waals surface area contributed by atoms with E-state index in [2.05, 4.69) is 15.4 Å². The van der Waals surface area contributed by atoms with Gasteiger partial charge in [-0.15, -0.1) is 0 Å². The molecule has 2 aromatic carbocycles. The van der Waals surface area contributed by atoms with E-state index in [9.17, 15) is 22.8 Å². The lowest BCUT2D eigenvalue weighted by Crippen LogP contribution is -2.29. The van der Waals surface area contributed by atoms with Crippen molar-refractivity contribution in [3.8, 4) is 11.1 Å². The Morgan fingerprint density at radius 2 is 1.68 bits per heavy atom. The van der Waals surface area contributed by atoms with Crippen LogP contribution in [0, 0.1) is 13.8 Å². The number of rotatable bonds is 3. The number of carbonyl (C=O) groups is 1. The molecule has 0 radical (unpaired) electrons. The van der Waals surface area contributed by atoms with Crippen molar-refractivity contribution in [2.45, 2.75) is 20.0 Å². The molecular weight excluding hydrogens is 409 g/mol. The molecule has 0 fully saturated rings. The molecule has 0 aliphatic carbocycles. The highest BCUT2D eigenvalue weighted by Crippen LogP contribution is 2.38. The maximum absolute atomic E-state index is 13.7. The van der Waals surface area contributed by atoms with Crippen LogP contribution in [0.3, 0.4) is 0 Å². The van der Waals surface area contributed by atoms with Crippen LogP contribution in [0.5, 0.6) is 0 Å². The highest BCUT2D eigenvalue weighted by atomic mass is 19.4. The molecule has 2 aromatic heterocycles. The van der Waals surface area contributed by atoms with Crippen molar-refractivity contribution in [3.63, 3.8) is 0 Å². The first-order valence-electron chi connectivity index (χ1n) is 9.33. The maximum Gasteiger partial charge on any atom is 0.435 e. The number of benzene rings is 2. The van der Waals surface area contributed by atoms with E-state index >= 15 is 0 Å². The summed E-state index contributed by atoms with van der Waals surface area (Å²) < 4.78 is 41.7. The van der Waals surface area contributed by atoms with Crippen LogP contribution in [0.15, 0.2) is 59.4 Å². The second-order valence-electron chi connectivity index (χ2n) is 7.10. The number of anilines is 1. The number of nitrogens with zero attached hydrogens (tertiary/aromatic N) is 2. The van der Waals surface area contributed by atoms with Crippen LogP contribution in [0.1, 0.15) is 27.3 Å². The van der Waals surface area contributed by atoms with Crippen LogP contribution < -0.4 is 10.9 Å². The van der Waals surface area contributed by atoms with Crippen molar-refractivity contribution in [1.82, 2.24) is 14.6 Å². The number of nitrogens with one attached hydrogen (secondary N) is 2.